The molecule has 0 heterocycles. The summed E-state index contributed by atoms with van der Waals surface area (Å²) in [6.45, 7) is -0.460. The third kappa shape index (κ3) is 5.74. The molecule has 0 unspecified atom stereocenters. The molecule has 0 saturated carbocycles. The Kier molecular flexibility index (Phi) is 6.68. The van der Waals surface area contributed by atoms with Gasteiger partial charge in [-0.2, -0.15) is 0 Å². The molecule has 0 spiro atoms. The van der Waals surface area contributed by atoms with Gasteiger partial charge in [-0.1, -0.05) is 60.7 Å². The molecule has 3 aromatic rings. The Hall–Kier alpha value is -3.99. The number of rotatable bonds is 7. The second-order valence-electron chi connectivity index (χ2n) is 6.03. The fourth-order valence-corrected chi connectivity index (χ4v) is 2.51. The van der Waals surface area contributed by atoms with Crippen molar-refractivity contribution in [3.63, 3.8) is 0 Å². The summed E-state index contributed by atoms with van der Waals surface area (Å²) >= 11 is 0. The molecular formula is C24H18O5. The number of hydrogen-bond acceptors (Lipinski definition) is 5. The van der Waals surface area contributed by atoms with Crippen LogP contribution in [0.3, 0.4) is 0 Å². The number of ketones is 1. The van der Waals surface area contributed by atoms with Crippen molar-refractivity contribution in [2.45, 2.75) is 0 Å². The predicted molar refractivity (Wildman–Crippen MR) is 109 cm³/mol. The van der Waals surface area contributed by atoms with Gasteiger partial charge in [0.15, 0.2) is 6.61 Å². The van der Waals surface area contributed by atoms with E-state index < -0.39 is 24.3 Å². The van der Waals surface area contributed by atoms with Crippen molar-refractivity contribution < 1.29 is 23.9 Å². The molecular weight excluding hydrogens is 368 g/mol. The van der Waals surface area contributed by atoms with Crippen LogP contribution in [0, 0.1) is 0 Å². The van der Waals surface area contributed by atoms with Crippen LogP contribution in [0.1, 0.15) is 26.3 Å². The Bertz CT molecular complexity index is 1020. The Morgan fingerprint density at radius 2 is 1.38 bits per heavy atom. The molecule has 0 saturated heterocycles. The van der Waals surface area contributed by atoms with Crippen LogP contribution in [0.4, 0.5) is 0 Å². The number of esters is 2. The van der Waals surface area contributed by atoms with Crippen molar-refractivity contribution in [3.05, 3.63) is 108 Å². The summed E-state index contributed by atoms with van der Waals surface area (Å²) in [5.74, 6) is -1.57. The zero-order chi connectivity index (χ0) is 20.5. The predicted octanol–water partition coefficient (Wildman–Crippen LogP) is 4.35. The van der Waals surface area contributed by atoms with E-state index in [1.807, 2.05) is 30.3 Å². The average molecular weight is 386 g/mol. The zero-order valence-corrected chi connectivity index (χ0v) is 15.5. The number of carbonyl (C=O) groups excluding carboxylic acids is 3. The van der Waals surface area contributed by atoms with Crippen molar-refractivity contribution in [2.24, 2.45) is 0 Å². The number of benzene rings is 3. The van der Waals surface area contributed by atoms with Crippen molar-refractivity contribution in [1.82, 2.24) is 0 Å². The van der Waals surface area contributed by atoms with Gasteiger partial charge in [-0.15, -0.1) is 0 Å². The van der Waals surface area contributed by atoms with Gasteiger partial charge in [0.1, 0.15) is 5.75 Å². The van der Waals surface area contributed by atoms with Gasteiger partial charge in [-0.3, -0.25) is 4.79 Å². The van der Waals surface area contributed by atoms with Crippen LogP contribution in [0.2, 0.25) is 0 Å². The van der Waals surface area contributed by atoms with Crippen LogP contribution in [0.5, 0.6) is 5.75 Å². The van der Waals surface area contributed by atoms with Crippen LogP contribution in [-0.4, -0.2) is 24.3 Å². The van der Waals surface area contributed by atoms with Gasteiger partial charge in [0, 0.05) is 6.08 Å². The number of ether oxygens (including phenoxy) is 2. The molecule has 0 radical (unpaired) electrons. The van der Waals surface area contributed by atoms with Crippen molar-refractivity contribution >= 4 is 23.8 Å². The first kappa shape index (κ1) is 19.8. The van der Waals surface area contributed by atoms with E-state index in [0.29, 0.717) is 5.56 Å². The average Bonchev–Trinajstić information content (AvgIpc) is 2.77. The molecule has 5 nitrogen and oxygen atoms in total. The number of Topliss-reactive ketones (excluding diaryl/α,β-unsaturated/α-hetero) is 1. The smallest absolute Gasteiger partial charge is 0.343 e. The van der Waals surface area contributed by atoms with Crippen LogP contribution in [0.15, 0.2) is 91.0 Å². The highest BCUT2D eigenvalue weighted by Crippen LogP contribution is 2.20. The molecule has 3 aromatic carbocycles. The lowest BCUT2D eigenvalue weighted by molar-refractivity contribution is -0.136. The highest BCUT2D eigenvalue weighted by atomic mass is 16.5. The van der Waals surface area contributed by atoms with Crippen molar-refractivity contribution in [1.29, 1.82) is 0 Å². The summed E-state index contributed by atoms with van der Waals surface area (Å²) in [6.07, 6.45) is 2.85. The van der Waals surface area contributed by atoms with E-state index in [2.05, 4.69) is 0 Å². The van der Waals surface area contributed by atoms with E-state index in [1.54, 1.807) is 48.5 Å². The normalized spacial score (nSPS) is 10.5. The van der Waals surface area contributed by atoms with Crippen LogP contribution >= 0.6 is 0 Å². The van der Waals surface area contributed by atoms with Gasteiger partial charge in [0.2, 0.25) is 5.78 Å². The third-order valence-corrected chi connectivity index (χ3v) is 3.96. The highest BCUT2D eigenvalue weighted by Gasteiger charge is 2.17. The van der Waals surface area contributed by atoms with Gasteiger partial charge in [-0.25, -0.2) is 9.59 Å². The number of carbonyl (C=O) groups is 3. The molecule has 5 heteroatoms. The summed E-state index contributed by atoms with van der Waals surface area (Å²) in [7, 11) is 0. The van der Waals surface area contributed by atoms with E-state index in [4.69, 9.17) is 9.47 Å². The Labute approximate surface area is 168 Å². The minimum Gasteiger partial charge on any atom is -0.454 e. The van der Waals surface area contributed by atoms with Gasteiger partial charge in [-0.05, 0) is 35.9 Å². The van der Waals surface area contributed by atoms with Gasteiger partial charge < -0.3 is 9.47 Å². The zero-order valence-electron chi connectivity index (χ0n) is 15.5. The minimum absolute atomic E-state index is 0.113. The lowest BCUT2D eigenvalue weighted by atomic mass is 10.1. The molecule has 0 N–H and O–H groups in total. The Balaban J connectivity index is 1.62. The van der Waals surface area contributed by atoms with Crippen molar-refractivity contribution in [3.8, 4) is 5.75 Å². The maximum Gasteiger partial charge on any atom is 0.343 e. The van der Waals surface area contributed by atoms with E-state index in [1.165, 1.54) is 18.2 Å². The second-order valence-corrected chi connectivity index (χ2v) is 6.03. The summed E-state index contributed by atoms with van der Waals surface area (Å²) in [5.41, 5.74) is 1.37. The maximum atomic E-state index is 12.5. The molecule has 0 atom stereocenters. The third-order valence-electron chi connectivity index (χ3n) is 3.96. The second kappa shape index (κ2) is 9.80. The van der Waals surface area contributed by atoms with E-state index in [0.717, 1.165) is 5.56 Å². The molecule has 0 bridgehead atoms. The summed E-state index contributed by atoms with van der Waals surface area (Å²) < 4.78 is 10.4. The molecule has 3 rings (SSSR count). The van der Waals surface area contributed by atoms with E-state index in [9.17, 15) is 14.4 Å². The Morgan fingerprint density at radius 1 is 0.759 bits per heavy atom. The molecule has 0 fully saturated rings. The lowest BCUT2D eigenvalue weighted by Crippen LogP contribution is -2.16. The topological polar surface area (TPSA) is 69.7 Å². The van der Waals surface area contributed by atoms with Crippen LogP contribution in [0.25, 0.3) is 6.08 Å². The first-order valence-corrected chi connectivity index (χ1v) is 8.93. The fraction of sp³-hybridized carbons (Fsp3) is 0.0417. The molecule has 29 heavy (non-hydrogen) atoms. The standard InChI is InChI=1S/C24H18O5/c25-21(17-28-23(26)16-15-18-9-3-1-4-10-18)20-13-7-8-14-22(20)29-24(27)19-11-5-2-6-12-19/h1-16H,17H2/b16-15+. The first-order valence-electron chi connectivity index (χ1n) is 8.93. The van der Waals surface area contributed by atoms with Gasteiger partial charge in [0.05, 0.1) is 11.1 Å². The van der Waals surface area contributed by atoms with Gasteiger partial charge in [0.25, 0.3) is 0 Å². The SMILES string of the molecule is O=C(/C=C/c1ccccc1)OCC(=O)c1ccccc1OC(=O)c1ccccc1. The summed E-state index contributed by atoms with van der Waals surface area (Å²) in [4.78, 5) is 36.6. The monoisotopic (exact) mass is 386 g/mol. The molecule has 0 amide bonds. The summed E-state index contributed by atoms with van der Waals surface area (Å²) in [6, 6.07) is 24.0. The largest absolute Gasteiger partial charge is 0.454 e. The molecule has 0 aliphatic heterocycles. The van der Waals surface area contributed by atoms with Crippen LogP contribution < -0.4 is 4.74 Å². The quantitative estimate of drug-likeness (QED) is 0.261. The van der Waals surface area contributed by atoms with Gasteiger partial charge >= 0.3 is 11.9 Å². The lowest BCUT2D eigenvalue weighted by Gasteiger charge is -2.09. The number of para-hydroxylation sites is 1. The molecule has 144 valence electrons. The van der Waals surface area contributed by atoms with Crippen molar-refractivity contribution in [2.75, 3.05) is 6.61 Å². The molecule has 0 aliphatic carbocycles. The maximum absolute atomic E-state index is 12.5. The molecule has 0 aliphatic rings. The fourth-order valence-electron chi connectivity index (χ4n) is 2.51. The van der Waals surface area contributed by atoms with E-state index >= 15 is 0 Å². The van der Waals surface area contributed by atoms with Crippen LogP contribution in [-0.2, 0) is 9.53 Å². The van der Waals surface area contributed by atoms with E-state index in [-0.39, 0.29) is 11.3 Å². The highest BCUT2D eigenvalue weighted by molar-refractivity contribution is 6.02. The Morgan fingerprint density at radius 3 is 2.10 bits per heavy atom. The summed E-state index contributed by atoms with van der Waals surface area (Å²) in [5, 5.41) is 0. The molecule has 0 aromatic heterocycles. The first-order chi connectivity index (χ1) is 14.1. The minimum atomic E-state index is -0.638. The number of hydrogen-bond donors (Lipinski definition) is 0.